The summed E-state index contributed by atoms with van der Waals surface area (Å²) in [4.78, 5) is 1.91. The Bertz CT molecular complexity index is 589. The summed E-state index contributed by atoms with van der Waals surface area (Å²) in [5.74, 6) is -1.62. The zero-order valence-corrected chi connectivity index (χ0v) is 14.1. The summed E-state index contributed by atoms with van der Waals surface area (Å²) in [6.07, 6.45) is 4.54. The second-order valence-corrected chi connectivity index (χ2v) is 6.43. The molecule has 1 fully saturated rings. The van der Waals surface area contributed by atoms with Gasteiger partial charge in [0.2, 0.25) is 0 Å². The Morgan fingerprint density at radius 1 is 1.30 bits per heavy atom. The van der Waals surface area contributed by atoms with Crippen molar-refractivity contribution in [1.29, 1.82) is 0 Å². The summed E-state index contributed by atoms with van der Waals surface area (Å²) in [6.45, 7) is 13.2. The largest absolute Gasteiger partial charge is 0.342 e. The van der Waals surface area contributed by atoms with Gasteiger partial charge in [-0.1, -0.05) is 25.2 Å². The minimum absolute atomic E-state index is 0.302. The van der Waals surface area contributed by atoms with Crippen LogP contribution in [0, 0.1) is 18.6 Å². The van der Waals surface area contributed by atoms with E-state index in [9.17, 15) is 8.78 Å². The molecule has 0 aromatic heterocycles. The van der Waals surface area contributed by atoms with Crippen LogP contribution >= 0.6 is 0 Å². The van der Waals surface area contributed by atoms with Crippen LogP contribution in [-0.2, 0) is 0 Å². The maximum atomic E-state index is 13.9. The van der Waals surface area contributed by atoms with E-state index in [1.807, 2.05) is 11.8 Å². The van der Waals surface area contributed by atoms with Crippen molar-refractivity contribution in [3.8, 4) is 0 Å². The molecule has 0 amide bonds. The van der Waals surface area contributed by atoms with Crippen LogP contribution in [0.4, 0.5) is 14.5 Å². The second-order valence-electron chi connectivity index (χ2n) is 6.43. The fourth-order valence-electron chi connectivity index (χ4n) is 3.09. The maximum absolute atomic E-state index is 13.9. The molecule has 1 atom stereocenters. The van der Waals surface area contributed by atoms with Crippen LogP contribution in [0.15, 0.2) is 36.6 Å². The Kier molecular flexibility index (Phi) is 5.94. The summed E-state index contributed by atoms with van der Waals surface area (Å²) in [5.41, 5.74) is 2.80. The Balaban J connectivity index is 2.11. The summed E-state index contributed by atoms with van der Waals surface area (Å²) < 4.78 is 27.2. The predicted molar refractivity (Wildman–Crippen MR) is 92.7 cm³/mol. The molecule has 23 heavy (non-hydrogen) atoms. The van der Waals surface area contributed by atoms with Crippen LogP contribution in [0.5, 0.6) is 0 Å². The number of anilines is 1. The van der Waals surface area contributed by atoms with Crippen LogP contribution in [0.3, 0.4) is 0 Å². The molecule has 2 nitrogen and oxygen atoms in total. The van der Waals surface area contributed by atoms with Gasteiger partial charge in [-0.25, -0.2) is 8.78 Å². The van der Waals surface area contributed by atoms with Gasteiger partial charge in [-0.2, -0.15) is 0 Å². The third-order valence-electron chi connectivity index (χ3n) is 4.39. The van der Waals surface area contributed by atoms with E-state index in [4.69, 9.17) is 0 Å². The molecule has 1 aliphatic heterocycles. The average Bonchev–Trinajstić information content (AvgIpc) is 2.52. The minimum Gasteiger partial charge on any atom is -0.342 e. The summed E-state index contributed by atoms with van der Waals surface area (Å²) in [7, 11) is 0. The number of allylic oxidation sites excluding steroid dienone is 1. The number of hydrogen-bond acceptors (Lipinski definition) is 2. The molecular weight excluding hydrogens is 294 g/mol. The van der Waals surface area contributed by atoms with Gasteiger partial charge >= 0.3 is 0 Å². The molecule has 1 saturated heterocycles. The molecule has 0 spiro atoms. The fraction of sp³-hybridized carbons (Fsp3) is 0.474. The van der Waals surface area contributed by atoms with E-state index in [1.165, 1.54) is 18.9 Å². The Hall–Kier alpha value is -1.68. The van der Waals surface area contributed by atoms with Gasteiger partial charge in [0.15, 0.2) is 11.6 Å². The Morgan fingerprint density at radius 3 is 2.65 bits per heavy atom. The molecule has 4 heteroatoms. The van der Waals surface area contributed by atoms with Crippen LogP contribution in [0.1, 0.15) is 38.2 Å². The first-order valence-electron chi connectivity index (χ1n) is 8.18. The van der Waals surface area contributed by atoms with Crippen molar-refractivity contribution in [1.82, 2.24) is 5.32 Å². The lowest BCUT2D eigenvalue weighted by atomic mass is 9.98. The first-order valence-corrected chi connectivity index (χ1v) is 8.18. The van der Waals surface area contributed by atoms with Crippen molar-refractivity contribution in [2.24, 2.45) is 0 Å². The maximum Gasteiger partial charge on any atom is 0.163 e. The van der Waals surface area contributed by atoms with Gasteiger partial charge < -0.3 is 10.2 Å². The molecule has 1 aliphatic rings. The van der Waals surface area contributed by atoms with E-state index in [0.29, 0.717) is 23.8 Å². The predicted octanol–water partition coefficient (Wildman–Crippen LogP) is 4.70. The van der Waals surface area contributed by atoms with Crippen molar-refractivity contribution in [3.63, 3.8) is 0 Å². The number of nitrogens with one attached hydrogen (secondary N) is 1. The number of halogens is 2. The van der Waals surface area contributed by atoms with E-state index in [2.05, 4.69) is 18.5 Å². The Labute approximate surface area is 137 Å². The fourth-order valence-corrected chi connectivity index (χ4v) is 3.09. The van der Waals surface area contributed by atoms with Crippen molar-refractivity contribution >= 4 is 5.69 Å². The molecule has 0 aliphatic carbocycles. The molecule has 0 bridgehead atoms. The standard InChI is InChI=1S/C19H26F2N2/c1-13(2)23(18-9-8-17(20)19(21)15(18)4)12-14(3)11-16-7-5-6-10-22-16/h8-9,16,22H,1,3,5-7,10-12H2,2,4H3. The molecule has 1 N–H and O–H groups in total. The average molecular weight is 320 g/mol. The highest BCUT2D eigenvalue weighted by atomic mass is 19.2. The van der Waals surface area contributed by atoms with Crippen LogP contribution in [0.25, 0.3) is 0 Å². The lowest BCUT2D eigenvalue weighted by Gasteiger charge is -2.30. The number of hydrogen-bond donors (Lipinski definition) is 1. The Morgan fingerprint density at radius 2 is 2.04 bits per heavy atom. The highest BCUT2D eigenvalue weighted by Crippen LogP contribution is 2.28. The molecule has 0 saturated carbocycles. The quantitative estimate of drug-likeness (QED) is 0.764. The normalized spacial score (nSPS) is 17.8. The molecular formula is C19H26F2N2. The van der Waals surface area contributed by atoms with Gasteiger partial charge in [0.25, 0.3) is 0 Å². The lowest BCUT2D eigenvalue weighted by molar-refractivity contribution is 0.397. The number of benzene rings is 1. The van der Waals surface area contributed by atoms with Crippen molar-refractivity contribution in [3.05, 3.63) is 53.8 Å². The number of rotatable bonds is 6. The van der Waals surface area contributed by atoms with Gasteiger partial charge in [-0.3, -0.25) is 0 Å². The third kappa shape index (κ3) is 4.41. The van der Waals surface area contributed by atoms with Crippen molar-refractivity contribution in [2.45, 2.75) is 45.6 Å². The number of piperidine rings is 1. The highest BCUT2D eigenvalue weighted by Gasteiger charge is 2.19. The summed E-state index contributed by atoms with van der Waals surface area (Å²) >= 11 is 0. The molecule has 1 heterocycles. The topological polar surface area (TPSA) is 15.3 Å². The van der Waals surface area contributed by atoms with Gasteiger partial charge in [-0.15, -0.1) is 0 Å². The second kappa shape index (κ2) is 7.73. The van der Waals surface area contributed by atoms with E-state index < -0.39 is 11.6 Å². The molecule has 2 rings (SSSR count). The molecule has 0 radical (unpaired) electrons. The molecule has 1 aromatic rings. The van der Waals surface area contributed by atoms with E-state index in [0.717, 1.165) is 30.7 Å². The summed E-state index contributed by atoms with van der Waals surface area (Å²) in [6, 6.07) is 3.24. The molecule has 1 aromatic carbocycles. The lowest BCUT2D eigenvalue weighted by Crippen LogP contribution is -2.35. The van der Waals surface area contributed by atoms with E-state index in [-0.39, 0.29) is 0 Å². The minimum atomic E-state index is -0.821. The number of nitrogens with zero attached hydrogens (tertiary/aromatic N) is 1. The van der Waals surface area contributed by atoms with Gasteiger partial charge in [-0.05, 0) is 51.8 Å². The van der Waals surface area contributed by atoms with Crippen LogP contribution in [0.2, 0.25) is 0 Å². The van der Waals surface area contributed by atoms with E-state index >= 15 is 0 Å². The van der Waals surface area contributed by atoms with Crippen LogP contribution in [-0.4, -0.2) is 19.1 Å². The molecule has 126 valence electrons. The van der Waals surface area contributed by atoms with Gasteiger partial charge in [0.1, 0.15) is 0 Å². The zero-order chi connectivity index (χ0) is 17.0. The summed E-state index contributed by atoms with van der Waals surface area (Å²) in [5, 5.41) is 3.51. The molecule has 1 unspecified atom stereocenters. The van der Waals surface area contributed by atoms with E-state index in [1.54, 1.807) is 13.0 Å². The van der Waals surface area contributed by atoms with Gasteiger partial charge in [0.05, 0.1) is 0 Å². The first kappa shape index (κ1) is 17.7. The van der Waals surface area contributed by atoms with Gasteiger partial charge in [0, 0.05) is 29.5 Å². The van der Waals surface area contributed by atoms with Crippen LogP contribution < -0.4 is 10.2 Å². The van der Waals surface area contributed by atoms with Crippen molar-refractivity contribution < 1.29 is 8.78 Å². The highest BCUT2D eigenvalue weighted by molar-refractivity contribution is 5.58. The first-order chi connectivity index (χ1) is 10.9. The zero-order valence-electron chi connectivity index (χ0n) is 14.1. The SMILES string of the molecule is C=C(CC1CCCCN1)CN(C(=C)C)c1ccc(F)c(F)c1C. The third-order valence-corrected chi connectivity index (χ3v) is 4.39. The monoisotopic (exact) mass is 320 g/mol. The van der Waals surface area contributed by atoms with Crippen molar-refractivity contribution in [2.75, 3.05) is 18.0 Å². The smallest absolute Gasteiger partial charge is 0.163 e.